The monoisotopic (exact) mass is 785 g/mol. The average Bonchev–Trinajstić information content (AvgIpc) is 3.64. The molecular formula is C39H60FN7O5SSi. The molecule has 12 nitrogen and oxygen atoms in total. The van der Waals surface area contributed by atoms with Crippen LogP contribution in [-0.4, -0.2) is 71.5 Å². The van der Waals surface area contributed by atoms with Gasteiger partial charge in [-0.1, -0.05) is 83.8 Å². The number of halogens is 1. The normalized spacial score (nSPS) is 16.9. The highest BCUT2D eigenvalue weighted by molar-refractivity contribution is 7.90. The maximum atomic E-state index is 16.0. The number of rotatable bonds is 17. The van der Waals surface area contributed by atoms with Crippen LogP contribution >= 0.6 is 0 Å². The number of amides is 2. The lowest BCUT2D eigenvalue weighted by Gasteiger charge is -2.41. The Labute approximate surface area is 321 Å². The van der Waals surface area contributed by atoms with Crippen LogP contribution < -0.4 is 11.1 Å². The number of nitrogens with one attached hydrogen (secondary N) is 1. The third kappa shape index (κ3) is 10.7. The molecule has 0 unspecified atom stereocenters. The van der Waals surface area contributed by atoms with E-state index in [1.165, 1.54) is 10.9 Å². The van der Waals surface area contributed by atoms with Crippen LogP contribution in [0, 0.1) is 37.5 Å². The van der Waals surface area contributed by atoms with Gasteiger partial charge in [-0.2, -0.15) is 14.6 Å². The fraction of sp³-hybridized carbons (Fsp3) is 0.667. The Bertz CT molecular complexity index is 1860. The minimum atomic E-state index is -3.23. The fourth-order valence-electron chi connectivity index (χ4n) is 8.67. The van der Waals surface area contributed by atoms with Gasteiger partial charge in [-0.25, -0.2) is 18.1 Å². The van der Waals surface area contributed by atoms with Crippen molar-refractivity contribution in [2.75, 3.05) is 23.9 Å². The predicted molar refractivity (Wildman–Crippen MR) is 212 cm³/mol. The van der Waals surface area contributed by atoms with Gasteiger partial charge in [0.25, 0.3) is 5.91 Å². The third-order valence-electron chi connectivity index (χ3n) is 11.3. The number of primary amides is 1. The summed E-state index contributed by atoms with van der Waals surface area (Å²) in [6, 6.07) is 4.26. The molecule has 2 aliphatic carbocycles. The summed E-state index contributed by atoms with van der Waals surface area (Å²) in [5.74, 6) is -2.24. The zero-order valence-corrected chi connectivity index (χ0v) is 34.8. The van der Waals surface area contributed by atoms with Crippen LogP contribution in [0.4, 0.5) is 10.2 Å². The zero-order valence-electron chi connectivity index (χ0n) is 33.0. The van der Waals surface area contributed by atoms with Gasteiger partial charge < -0.3 is 15.8 Å². The smallest absolute Gasteiger partial charge is 0.267 e. The minimum Gasteiger partial charge on any atom is -0.364 e. The largest absolute Gasteiger partial charge is 0.364 e. The zero-order chi connectivity index (χ0) is 39.2. The number of pyridine rings is 1. The Morgan fingerprint density at radius 2 is 1.65 bits per heavy atom. The molecule has 1 atom stereocenters. The molecule has 5 rings (SSSR count). The number of sulfone groups is 1. The molecule has 0 saturated heterocycles. The van der Waals surface area contributed by atoms with Gasteiger partial charge in [0.15, 0.2) is 0 Å². The van der Waals surface area contributed by atoms with Crippen LogP contribution in [0.5, 0.6) is 0 Å². The standard InChI is InChI=1S/C39H60FN7O5SSi/c1-26-33(27(2)47(45-26)25-52-21-23-54(4,5)6)30-18-19-32(43-37(30)40)44-39(49)35(34(28-14-9-7-10-15-28)29-16-11-8-12-17-29)31-24-42-46(36(31)38(41)48)20-13-22-53(3,50)51/h18-19,24,28-29,34-35H,7-17,20-23,25H2,1-6H3,(H2,41,48)(H,43,44,49)/t35-/m1/s1. The molecule has 3 aromatic rings. The van der Waals surface area contributed by atoms with E-state index in [9.17, 15) is 18.0 Å². The maximum absolute atomic E-state index is 16.0. The predicted octanol–water partition coefficient (Wildman–Crippen LogP) is 7.24. The summed E-state index contributed by atoms with van der Waals surface area (Å²) >= 11 is 0. The highest BCUT2D eigenvalue weighted by Crippen LogP contribution is 2.48. The summed E-state index contributed by atoms with van der Waals surface area (Å²) in [6.07, 6.45) is 13.5. The number of hydrogen-bond donors (Lipinski definition) is 2. The first kappa shape index (κ1) is 41.7. The first-order valence-electron chi connectivity index (χ1n) is 19.7. The number of ether oxygens (including phenoxy) is 1. The maximum Gasteiger partial charge on any atom is 0.267 e. The molecule has 0 spiro atoms. The van der Waals surface area contributed by atoms with Crippen molar-refractivity contribution in [1.82, 2.24) is 24.5 Å². The van der Waals surface area contributed by atoms with Gasteiger partial charge in [0.1, 0.15) is 28.1 Å². The molecule has 2 aliphatic rings. The summed E-state index contributed by atoms with van der Waals surface area (Å²) in [7, 11) is -4.48. The number of aryl methyl sites for hydroxylation is 2. The second kappa shape index (κ2) is 18.0. The lowest BCUT2D eigenvalue weighted by molar-refractivity contribution is -0.120. The number of carbonyl (C=O) groups is 2. The minimum absolute atomic E-state index is 0.0656. The molecule has 298 valence electrons. The SMILES string of the molecule is Cc1nn(COCC[Si](C)(C)C)c(C)c1-c1ccc(NC(=O)[C@H](c2cnn(CCCS(C)(=O)=O)c2C(N)=O)C(C2CCCCC2)C2CCCCC2)nc1F. The van der Waals surface area contributed by atoms with Crippen molar-refractivity contribution in [1.29, 1.82) is 0 Å². The molecule has 0 bridgehead atoms. The average molecular weight is 786 g/mol. The Morgan fingerprint density at radius 3 is 2.20 bits per heavy atom. The van der Waals surface area contributed by atoms with Crippen LogP contribution in [0.1, 0.15) is 104 Å². The van der Waals surface area contributed by atoms with Crippen LogP contribution in [0.15, 0.2) is 18.3 Å². The van der Waals surface area contributed by atoms with Gasteiger partial charge in [0.05, 0.1) is 23.6 Å². The number of aromatic nitrogens is 5. The van der Waals surface area contributed by atoms with Crippen LogP contribution in [0.3, 0.4) is 0 Å². The van der Waals surface area contributed by atoms with Gasteiger partial charge in [-0.3, -0.25) is 14.3 Å². The van der Waals surface area contributed by atoms with Gasteiger partial charge in [-0.05, 0) is 56.2 Å². The molecule has 0 aliphatic heterocycles. The first-order chi connectivity index (χ1) is 25.5. The summed E-state index contributed by atoms with van der Waals surface area (Å²) in [4.78, 5) is 32.2. The molecule has 2 amide bonds. The number of carbonyl (C=O) groups excluding carboxylic acids is 2. The van der Waals surface area contributed by atoms with E-state index in [1.54, 1.807) is 23.0 Å². The highest BCUT2D eigenvalue weighted by atomic mass is 32.2. The summed E-state index contributed by atoms with van der Waals surface area (Å²) in [5, 5.41) is 12.1. The molecule has 3 N–H and O–H groups in total. The van der Waals surface area contributed by atoms with E-state index in [1.807, 2.05) is 13.8 Å². The Hall–Kier alpha value is -3.43. The molecule has 0 radical (unpaired) electrons. The molecule has 0 aromatic carbocycles. The topological polar surface area (TPSA) is 164 Å². The van der Waals surface area contributed by atoms with E-state index in [2.05, 4.69) is 40.1 Å². The molecule has 15 heteroatoms. The quantitative estimate of drug-likeness (QED) is 0.0822. The van der Waals surface area contributed by atoms with E-state index < -0.39 is 35.7 Å². The molecule has 2 saturated carbocycles. The lowest BCUT2D eigenvalue weighted by atomic mass is 9.63. The van der Waals surface area contributed by atoms with Gasteiger partial charge in [-0.15, -0.1) is 0 Å². The number of anilines is 1. The first-order valence-corrected chi connectivity index (χ1v) is 25.4. The van der Waals surface area contributed by atoms with E-state index in [-0.39, 0.29) is 66.2 Å². The number of nitrogens with zero attached hydrogens (tertiary/aromatic N) is 5. The Balaban J connectivity index is 1.47. The van der Waals surface area contributed by atoms with E-state index in [0.717, 1.165) is 75.9 Å². The van der Waals surface area contributed by atoms with E-state index in [0.29, 0.717) is 23.4 Å². The molecule has 2 fully saturated rings. The second-order valence-corrected chi connectivity index (χ2v) is 24.7. The Kier molecular flexibility index (Phi) is 13.9. The molecule has 3 aromatic heterocycles. The van der Waals surface area contributed by atoms with Gasteiger partial charge >= 0.3 is 0 Å². The summed E-state index contributed by atoms with van der Waals surface area (Å²) in [6.45, 7) is 11.7. The van der Waals surface area contributed by atoms with Crippen molar-refractivity contribution >= 4 is 35.5 Å². The van der Waals surface area contributed by atoms with Crippen molar-refractivity contribution in [3.63, 3.8) is 0 Å². The van der Waals surface area contributed by atoms with E-state index in [4.69, 9.17) is 10.5 Å². The summed E-state index contributed by atoms with van der Waals surface area (Å²) in [5.41, 5.74) is 8.87. The Morgan fingerprint density at radius 1 is 1.02 bits per heavy atom. The number of nitrogens with two attached hydrogens (primary N) is 1. The highest BCUT2D eigenvalue weighted by Gasteiger charge is 2.43. The van der Waals surface area contributed by atoms with Crippen molar-refractivity contribution in [3.05, 3.63) is 46.9 Å². The molecule has 54 heavy (non-hydrogen) atoms. The van der Waals surface area contributed by atoms with E-state index >= 15 is 4.39 Å². The summed E-state index contributed by atoms with van der Waals surface area (Å²) < 4.78 is 48.8. The fourth-order valence-corrected chi connectivity index (χ4v) is 10.1. The van der Waals surface area contributed by atoms with Crippen molar-refractivity contribution < 1.29 is 27.1 Å². The number of hydrogen-bond acceptors (Lipinski definition) is 8. The third-order valence-corrected chi connectivity index (χ3v) is 14.1. The van der Waals surface area contributed by atoms with Gasteiger partial charge in [0.2, 0.25) is 11.9 Å². The van der Waals surface area contributed by atoms with Gasteiger partial charge in [0, 0.05) is 49.9 Å². The van der Waals surface area contributed by atoms with Crippen LogP contribution in [-0.2, 0) is 32.6 Å². The second-order valence-electron chi connectivity index (χ2n) is 16.8. The van der Waals surface area contributed by atoms with Crippen LogP contribution in [0.25, 0.3) is 11.1 Å². The van der Waals surface area contributed by atoms with Crippen molar-refractivity contribution in [2.24, 2.45) is 23.5 Å². The van der Waals surface area contributed by atoms with Crippen LogP contribution in [0.2, 0.25) is 25.7 Å². The molecular weight excluding hydrogens is 726 g/mol. The van der Waals surface area contributed by atoms with Crippen molar-refractivity contribution in [3.8, 4) is 11.1 Å². The van der Waals surface area contributed by atoms with Crippen molar-refractivity contribution in [2.45, 2.75) is 129 Å². The molecule has 3 heterocycles. The lowest BCUT2D eigenvalue weighted by Crippen LogP contribution is -2.39.